The summed E-state index contributed by atoms with van der Waals surface area (Å²) in [6.07, 6.45) is 1.52. The fourth-order valence-electron chi connectivity index (χ4n) is 1.37. The zero-order valence-electron chi connectivity index (χ0n) is 8.72. The van der Waals surface area contributed by atoms with Gasteiger partial charge in [-0.15, -0.1) is 0 Å². The van der Waals surface area contributed by atoms with Crippen LogP contribution in [-0.4, -0.2) is 42.4 Å². The molecule has 1 aliphatic rings. The van der Waals surface area contributed by atoms with Crippen LogP contribution in [0.2, 0.25) is 0 Å². The third kappa shape index (κ3) is 2.89. The van der Waals surface area contributed by atoms with E-state index in [2.05, 4.69) is 15.3 Å². The molecule has 0 radical (unpaired) electrons. The maximum Gasteiger partial charge on any atom is 0.317 e. The fourth-order valence-corrected chi connectivity index (χ4v) is 1.37. The summed E-state index contributed by atoms with van der Waals surface area (Å²) in [7, 11) is 0. The van der Waals surface area contributed by atoms with Gasteiger partial charge in [-0.2, -0.15) is 10.2 Å². The van der Waals surface area contributed by atoms with Crippen LogP contribution in [-0.2, 0) is 4.74 Å². The van der Waals surface area contributed by atoms with Gasteiger partial charge in [0.2, 0.25) is 0 Å². The predicted molar refractivity (Wildman–Crippen MR) is 54.9 cm³/mol. The average Bonchev–Trinajstić information content (AvgIpc) is 2.38. The van der Waals surface area contributed by atoms with Crippen molar-refractivity contribution in [1.82, 2.24) is 15.3 Å². The first-order valence-corrected chi connectivity index (χ1v) is 5.07. The van der Waals surface area contributed by atoms with E-state index in [-0.39, 0.29) is 12.1 Å². The molecule has 1 saturated heterocycles. The highest BCUT2D eigenvalue weighted by Gasteiger charge is 2.14. The molecule has 2 heterocycles. The van der Waals surface area contributed by atoms with Crippen LogP contribution < -0.4 is 10.1 Å². The summed E-state index contributed by atoms with van der Waals surface area (Å²) in [5.74, 6) is 0. The fraction of sp³-hybridized carbons (Fsp3) is 0.500. The Bertz CT molecular complexity index is 385. The molecule has 6 heteroatoms. The lowest BCUT2D eigenvalue weighted by Crippen LogP contribution is -2.41. The van der Waals surface area contributed by atoms with Crippen molar-refractivity contribution in [3.05, 3.63) is 18.0 Å². The SMILES string of the molecule is N#Cc1ccnc(OCC2CNCCO2)n1. The summed E-state index contributed by atoms with van der Waals surface area (Å²) in [4.78, 5) is 7.82. The van der Waals surface area contributed by atoms with Crippen molar-refractivity contribution in [2.45, 2.75) is 6.10 Å². The van der Waals surface area contributed by atoms with E-state index in [1.807, 2.05) is 6.07 Å². The van der Waals surface area contributed by atoms with E-state index in [1.54, 1.807) is 0 Å². The van der Waals surface area contributed by atoms with Crippen LogP contribution in [0.15, 0.2) is 12.3 Å². The van der Waals surface area contributed by atoms with Crippen LogP contribution >= 0.6 is 0 Å². The number of nitriles is 1. The number of nitrogens with one attached hydrogen (secondary N) is 1. The first-order chi connectivity index (χ1) is 7.88. The number of hydrogen-bond donors (Lipinski definition) is 1. The van der Waals surface area contributed by atoms with Gasteiger partial charge in [-0.25, -0.2) is 4.98 Å². The Kier molecular flexibility index (Phi) is 3.64. The van der Waals surface area contributed by atoms with Gasteiger partial charge in [0, 0.05) is 19.3 Å². The Morgan fingerprint density at radius 1 is 1.69 bits per heavy atom. The second-order valence-corrected chi connectivity index (χ2v) is 3.34. The van der Waals surface area contributed by atoms with E-state index in [4.69, 9.17) is 14.7 Å². The standard InChI is InChI=1S/C10H12N4O2/c11-5-8-1-2-13-10(14-8)16-7-9-6-12-3-4-15-9/h1-2,9,12H,3-4,6-7H2. The maximum atomic E-state index is 8.65. The number of aromatic nitrogens is 2. The molecule has 1 atom stereocenters. The minimum atomic E-state index is 0.0168. The molecule has 6 nitrogen and oxygen atoms in total. The maximum absolute atomic E-state index is 8.65. The van der Waals surface area contributed by atoms with Gasteiger partial charge in [0.05, 0.1) is 6.61 Å². The van der Waals surface area contributed by atoms with Crippen LogP contribution in [0.4, 0.5) is 0 Å². The van der Waals surface area contributed by atoms with Gasteiger partial charge in [-0.05, 0) is 6.07 Å². The monoisotopic (exact) mass is 220 g/mol. The molecule has 2 rings (SSSR count). The number of ether oxygens (including phenoxy) is 2. The molecule has 0 aliphatic carbocycles. The van der Waals surface area contributed by atoms with E-state index in [0.29, 0.717) is 18.9 Å². The summed E-state index contributed by atoms with van der Waals surface area (Å²) in [5.41, 5.74) is 0.299. The van der Waals surface area contributed by atoms with Crippen LogP contribution in [0.25, 0.3) is 0 Å². The van der Waals surface area contributed by atoms with Gasteiger partial charge < -0.3 is 14.8 Å². The van der Waals surface area contributed by atoms with Crippen LogP contribution in [0.5, 0.6) is 6.01 Å². The Morgan fingerprint density at radius 3 is 3.38 bits per heavy atom. The zero-order chi connectivity index (χ0) is 11.2. The van der Waals surface area contributed by atoms with Crippen molar-refractivity contribution in [2.24, 2.45) is 0 Å². The van der Waals surface area contributed by atoms with Gasteiger partial charge in [-0.1, -0.05) is 0 Å². The summed E-state index contributed by atoms with van der Waals surface area (Å²) in [6, 6.07) is 3.68. The lowest BCUT2D eigenvalue weighted by atomic mass is 10.3. The molecule has 0 aromatic carbocycles. The van der Waals surface area contributed by atoms with Gasteiger partial charge in [0.1, 0.15) is 24.5 Å². The number of hydrogen-bond acceptors (Lipinski definition) is 6. The van der Waals surface area contributed by atoms with Crippen LogP contribution in [0, 0.1) is 11.3 Å². The highest BCUT2D eigenvalue weighted by Crippen LogP contribution is 2.04. The third-order valence-electron chi connectivity index (χ3n) is 2.15. The third-order valence-corrected chi connectivity index (χ3v) is 2.15. The minimum Gasteiger partial charge on any atom is -0.461 e. The normalized spacial score (nSPS) is 20.1. The Hall–Kier alpha value is -1.71. The van der Waals surface area contributed by atoms with E-state index < -0.39 is 0 Å². The van der Waals surface area contributed by atoms with E-state index >= 15 is 0 Å². The van der Waals surface area contributed by atoms with E-state index in [0.717, 1.165) is 13.1 Å². The number of rotatable bonds is 3. The lowest BCUT2D eigenvalue weighted by Gasteiger charge is -2.22. The molecule has 1 N–H and O–H groups in total. The van der Waals surface area contributed by atoms with Gasteiger partial charge in [0.25, 0.3) is 0 Å². The van der Waals surface area contributed by atoms with Gasteiger partial charge >= 0.3 is 6.01 Å². The lowest BCUT2D eigenvalue weighted by molar-refractivity contribution is -0.00180. The van der Waals surface area contributed by atoms with Gasteiger partial charge in [0.15, 0.2) is 0 Å². The smallest absolute Gasteiger partial charge is 0.317 e. The molecule has 1 aromatic heterocycles. The van der Waals surface area contributed by atoms with Crippen LogP contribution in [0.3, 0.4) is 0 Å². The molecule has 1 unspecified atom stereocenters. The molecule has 16 heavy (non-hydrogen) atoms. The summed E-state index contributed by atoms with van der Waals surface area (Å²) >= 11 is 0. The summed E-state index contributed by atoms with van der Waals surface area (Å²) in [6.45, 7) is 2.71. The number of nitrogens with zero attached hydrogens (tertiary/aromatic N) is 3. The Labute approximate surface area is 93.2 Å². The average molecular weight is 220 g/mol. The molecule has 1 aromatic rings. The largest absolute Gasteiger partial charge is 0.461 e. The second-order valence-electron chi connectivity index (χ2n) is 3.34. The molecule has 84 valence electrons. The topological polar surface area (TPSA) is 80.1 Å². The van der Waals surface area contributed by atoms with Crippen molar-refractivity contribution in [1.29, 1.82) is 5.26 Å². The van der Waals surface area contributed by atoms with Crippen molar-refractivity contribution in [2.75, 3.05) is 26.3 Å². The van der Waals surface area contributed by atoms with Gasteiger partial charge in [-0.3, -0.25) is 0 Å². The van der Waals surface area contributed by atoms with Crippen molar-refractivity contribution >= 4 is 0 Å². The summed E-state index contributed by atoms with van der Waals surface area (Å²) < 4.78 is 10.8. The highest BCUT2D eigenvalue weighted by atomic mass is 16.5. The molecule has 0 saturated carbocycles. The van der Waals surface area contributed by atoms with E-state index in [9.17, 15) is 0 Å². The molecule has 0 amide bonds. The molecule has 1 fully saturated rings. The van der Waals surface area contributed by atoms with E-state index in [1.165, 1.54) is 12.3 Å². The zero-order valence-corrected chi connectivity index (χ0v) is 8.72. The molecular weight excluding hydrogens is 208 g/mol. The highest BCUT2D eigenvalue weighted by molar-refractivity contribution is 5.19. The second kappa shape index (κ2) is 5.39. The predicted octanol–water partition coefficient (Wildman–Crippen LogP) is -0.285. The first kappa shape index (κ1) is 10.8. The molecule has 1 aliphatic heterocycles. The molecular formula is C10H12N4O2. The molecule has 0 spiro atoms. The first-order valence-electron chi connectivity index (χ1n) is 5.07. The van der Waals surface area contributed by atoms with Crippen molar-refractivity contribution in [3.63, 3.8) is 0 Å². The van der Waals surface area contributed by atoms with Crippen molar-refractivity contribution < 1.29 is 9.47 Å². The number of morpholine rings is 1. The summed E-state index contributed by atoms with van der Waals surface area (Å²) in [5, 5.41) is 11.8. The Balaban J connectivity index is 1.86. The quantitative estimate of drug-likeness (QED) is 0.754. The molecule has 0 bridgehead atoms. The minimum absolute atomic E-state index is 0.0168. The van der Waals surface area contributed by atoms with Crippen LogP contribution in [0.1, 0.15) is 5.69 Å². The van der Waals surface area contributed by atoms with Crippen molar-refractivity contribution in [3.8, 4) is 12.1 Å². The Morgan fingerprint density at radius 2 is 2.62 bits per heavy atom.